The van der Waals surface area contributed by atoms with Crippen molar-refractivity contribution in [2.24, 2.45) is 0 Å². The van der Waals surface area contributed by atoms with Gasteiger partial charge in [-0.3, -0.25) is 4.98 Å². The Hall–Kier alpha value is -1.70. The summed E-state index contributed by atoms with van der Waals surface area (Å²) >= 11 is 0. The van der Waals surface area contributed by atoms with E-state index in [1.807, 2.05) is 6.07 Å². The average molecular weight is 172 g/mol. The van der Waals surface area contributed by atoms with Gasteiger partial charge in [-0.1, -0.05) is 6.07 Å². The lowest BCUT2D eigenvalue weighted by Crippen LogP contribution is -1.81. The van der Waals surface area contributed by atoms with Crippen molar-refractivity contribution in [1.29, 1.82) is 0 Å². The predicted molar refractivity (Wildman–Crippen MR) is 48.5 cm³/mol. The molecule has 63 valence electrons. The lowest BCUT2D eigenvalue weighted by atomic mass is 10.1. The first kappa shape index (κ1) is 7.92. The van der Waals surface area contributed by atoms with Crippen molar-refractivity contribution in [2.75, 3.05) is 0 Å². The number of nitrogens with zero attached hydrogens (tertiary/aromatic N) is 1. The molecule has 1 aromatic heterocycles. The third-order valence-electron chi connectivity index (χ3n) is 1.76. The summed E-state index contributed by atoms with van der Waals surface area (Å²) in [5.74, 6) is -0.230. The Bertz CT molecular complexity index is 381. The Kier molecular flexibility index (Phi) is 2.04. The van der Waals surface area contributed by atoms with Crippen LogP contribution in [0.5, 0.6) is 0 Å². The molecule has 0 aliphatic carbocycles. The molecule has 1 nitrogen and oxygen atoms in total. The Morgan fingerprint density at radius 3 is 2.46 bits per heavy atom. The van der Waals surface area contributed by atoms with Crippen LogP contribution in [0, 0.1) is 11.9 Å². The highest BCUT2D eigenvalue weighted by Gasteiger charge is 1.96. The molecule has 1 heterocycles. The van der Waals surface area contributed by atoms with E-state index in [-0.39, 0.29) is 5.82 Å². The molecule has 0 amide bonds. The zero-order chi connectivity index (χ0) is 9.10. The molecule has 0 saturated carbocycles. The molecule has 0 atom stereocenters. The van der Waals surface area contributed by atoms with Crippen molar-refractivity contribution < 1.29 is 4.39 Å². The third-order valence-corrected chi connectivity index (χ3v) is 1.76. The van der Waals surface area contributed by atoms with Crippen molar-refractivity contribution in [3.05, 3.63) is 54.5 Å². The molecule has 13 heavy (non-hydrogen) atoms. The number of rotatable bonds is 1. The van der Waals surface area contributed by atoms with Gasteiger partial charge in [0.05, 0.1) is 5.69 Å². The molecule has 0 aliphatic rings. The van der Waals surface area contributed by atoms with E-state index in [1.165, 1.54) is 12.1 Å². The number of halogens is 1. The van der Waals surface area contributed by atoms with E-state index in [2.05, 4.69) is 11.1 Å². The first-order valence-electron chi connectivity index (χ1n) is 3.94. The predicted octanol–water partition coefficient (Wildman–Crippen LogP) is 2.69. The Morgan fingerprint density at radius 1 is 1.08 bits per heavy atom. The molecule has 0 spiro atoms. The molecule has 0 bridgehead atoms. The van der Waals surface area contributed by atoms with Crippen LogP contribution >= 0.6 is 0 Å². The molecular formula is C11H7FN. The van der Waals surface area contributed by atoms with Gasteiger partial charge in [-0.2, -0.15) is 0 Å². The van der Waals surface area contributed by atoms with Crippen molar-refractivity contribution in [1.82, 2.24) is 4.98 Å². The minimum Gasteiger partial charge on any atom is -0.256 e. The van der Waals surface area contributed by atoms with E-state index in [0.29, 0.717) is 0 Å². The Labute approximate surface area is 75.9 Å². The van der Waals surface area contributed by atoms with Crippen LogP contribution in [-0.2, 0) is 0 Å². The smallest absolute Gasteiger partial charge is 0.123 e. The summed E-state index contributed by atoms with van der Waals surface area (Å²) in [5.41, 5.74) is 1.74. The van der Waals surface area contributed by atoms with E-state index in [4.69, 9.17) is 0 Å². The van der Waals surface area contributed by atoms with Crippen molar-refractivity contribution in [2.45, 2.75) is 0 Å². The first-order chi connectivity index (χ1) is 6.36. The maximum Gasteiger partial charge on any atom is 0.123 e. The summed E-state index contributed by atoms with van der Waals surface area (Å²) in [5, 5.41) is 0. The van der Waals surface area contributed by atoms with Crippen molar-refractivity contribution in [3.8, 4) is 11.3 Å². The van der Waals surface area contributed by atoms with E-state index in [9.17, 15) is 4.39 Å². The SMILES string of the molecule is Fc1ccc(-c2cc[c]cn2)cc1. The first-order valence-corrected chi connectivity index (χ1v) is 3.94. The highest BCUT2D eigenvalue weighted by molar-refractivity contribution is 5.58. The fourth-order valence-corrected chi connectivity index (χ4v) is 1.11. The summed E-state index contributed by atoms with van der Waals surface area (Å²) in [4.78, 5) is 4.10. The van der Waals surface area contributed by atoms with Gasteiger partial charge in [0.2, 0.25) is 0 Å². The standard InChI is InChI=1S/C11H7FN/c12-10-6-4-9(5-7-10)11-3-1-2-8-13-11/h1,3-8H. The van der Waals surface area contributed by atoms with Crippen LogP contribution in [0.1, 0.15) is 0 Å². The van der Waals surface area contributed by atoms with Crippen molar-refractivity contribution in [3.63, 3.8) is 0 Å². The minimum atomic E-state index is -0.230. The van der Waals surface area contributed by atoms with Gasteiger partial charge >= 0.3 is 0 Å². The van der Waals surface area contributed by atoms with Crippen LogP contribution in [-0.4, -0.2) is 4.98 Å². The molecule has 2 heteroatoms. The van der Waals surface area contributed by atoms with E-state index in [0.717, 1.165) is 11.3 Å². The molecule has 2 rings (SSSR count). The molecule has 0 unspecified atom stereocenters. The maximum atomic E-state index is 12.6. The molecular weight excluding hydrogens is 165 g/mol. The van der Waals surface area contributed by atoms with Crippen molar-refractivity contribution >= 4 is 0 Å². The van der Waals surface area contributed by atoms with Crippen LogP contribution in [0.4, 0.5) is 4.39 Å². The van der Waals surface area contributed by atoms with Gasteiger partial charge in [-0.25, -0.2) is 4.39 Å². The lowest BCUT2D eigenvalue weighted by Gasteiger charge is -1.98. The molecule has 2 aromatic rings. The fraction of sp³-hybridized carbons (Fsp3) is 0. The summed E-state index contributed by atoms with van der Waals surface area (Å²) in [6, 6.07) is 12.7. The zero-order valence-electron chi connectivity index (χ0n) is 6.87. The van der Waals surface area contributed by atoms with E-state index in [1.54, 1.807) is 24.4 Å². The van der Waals surface area contributed by atoms with Crippen LogP contribution in [0.15, 0.2) is 42.6 Å². The molecule has 0 saturated heterocycles. The van der Waals surface area contributed by atoms with Gasteiger partial charge in [0.1, 0.15) is 5.82 Å². The van der Waals surface area contributed by atoms with Gasteiger partial charge in [0.15, 0.2) is 0 Å². The zero-order valence-corrected chi connectivity index (χ0v) is 6.87. The molecule has 0 aliphatic heterocycles. The van der Waals surface area contributed by atoms with Gasteiger partial charge in [-0.15, -0.1) is 0 Å². The normalized spacial score (nSPS) is 9.92. The second-order valence-corrected chi connectivity index (χ2v) is 2.65. The lowest BCUT2D eigenvalue weighted by molar-refractivity contribution is 0.628. The number of benzene rings is 1. The average Bonchev–Trinajstić information content (AvgIpc) is 2.20. The Balaban J connectivity index is 2.42. The summed E-state index contributed by atoms with van der Waals surface area (Å²) in [6.45, 7) is 0. The van der Waals surface area contributed by atoms with Gasteiger partial charge in [0, 0.05) is 17.8 Å². The minimum absolute atomic E-state index is 0.230. The number of hydrogen-bond acceptors (Lipinski definition) is 1. The molecule has 1 aromatic carbocycles. The van der Waals surface area contributed by atoms with Gasteiger partial charge < -0.3 is 0 Å². The largest absolute Gasteiger partial charge is 0.256 e. The maximum absolute atomic E-state index is 12.6. The second kappa shape index (κ2) is 3.35. The number of pyridine rings is 1. The fourth-order valence-electron chi connectivity index (χ4n) is 1.11. The molecule has 0 fully saturated rings. The molecule has 1 radical (unpaired) electrons. The third kappa shape index (κ3) is 1.72. The number of aromatic nitrogens is 1. The van der Waals surface area contributed by atoms with Gasteiger partial charge in [-0.05, 0) is 30.3 Å². The topological polar surface area (TPSA) is 12.9 Å². The van der Waals surface area contributed by atoms with E-state index < -0.39 is 0 Å². The number of hydrogen-bond donors (Lipinski definition) is 0. The quantitative estimate of drug-likeness (QED) is 0.644. The van der Waals surface area contributed by atoms with Crippen LogP contribution in [0.2, 0.25) is 0 Å². The van der Waals surface area contributed by atoms with Crippen LogP contribution in [0.25, 0.3) is 11.3 Å². The second-order valence-electron chi connectivity index (χ2n) is 2.65. The van der Waals surface area contributed by atoms with Crippen LogP contribution < -0.4 is 0 Å². The summed E-state index contributed by atoms with van der Waals surface area (Å²) in [6.07, 6.45) is 1.60. The monoisotopic (exact) mass is 172 g/mol. The van der Waals surface area contributed by atoms with Gasteiger partial charge in [0.25, 0.3) is 0 Å². The highest BCUT2D eigenvalue weighted by atomic mass is 19.1. The highest BCUT2D eigenvalue weighted by Crippen LogP contribution is 2.15. The van der Waals surface area contributed by atoms with E-state index >= 15 is 0 Å². The summed E-state index contributed by atoms with van der Waals surface area (Å²) in [7, 11) is 0. The Morgan fingerprint density at radius 2 is 1.85 bits per heavy atom. The molecule has 0 N–H and O–H groups in total. The van der Waals surface area contributed by atoms with Crippen LogP contribution in [0.3, 0.4) is 0 Å². The summed E-state index contributed by atoms with van der Waals surface area (Å²) < 4.78 is 12.6.